The number of hydrogen-bond acceptors (Lipinski definition) is 3. The van der Waals surface area contributed by atoms with Crippen LogP contribution >= 0.6 is 0 Å². The highest BCUT2D eigenvalue weighted by Gasteiger charge is 2.25. The van der Waals surface area contributed by atoms with Gasteiger partial charge in [0.1, 0.15) is 5.60 Å². The number of carbonyl (C=O) groups excluding carboxylic acids is 1. The van der Waals surface area contributed by atoms with E-state index in [9.17, 15) is 9.90 Å². The molecule has 0 aromatic carbocycles. The van der Waals surface area contributed by atoms with Gasteiger partial charge in [-0.3, -0.25) is 0 Å². The zero-order chi connectivity index (χ0) is 12.2. The molecule has 1 fully saturated rings. The first-order valence-corrected chi connectivity index (χ1v) is 6.03. The van der Waals surface area contributed by atoms with Crippen LogP contribution in [0.4, 0.5) is 4.79 Å². The van der Waals surface area contributed by atoms with Crippen molar-refractivity contribution < 1.29 is 14.6 Å². The van der Waals surface area contributed by atoms with E-state index >= 15 is 0 Å². The summed E-state index contributed by atoms with van der Waals surface area (Å²) in [6.07, 6.45) is 3.34. The van der Waals surface area contributed by atoms with Gasteiger partial charge in [-0.2, -0.15) is 0 Å². The molecule has 4 nitrogen and oxygen atoms in total. The molecule has 0 spiro atoms. The lowest BCUT2D eigenvalue weighted by molar-refractivity contribution is 0.0517. The predicted octanol–water partition coefficient (Wildman–Crippen LogP) is 2.06. The van der Waals surface area contributed by atoms with E-state index in [0.717, 1.165) is 25.7 Å². The second kappa shape index (κ2) is 5.53. The number of hydrogen-bond donors (Lipinski definition) is 2. The van der Waals surface area contributed by atoms with Crippen molar-refractivity contribution in [2.45, 2.75) is 58.2 Å². The van der Waals surface area contributed by atoms with E-state index in [1.807, 2.05) is 20.8 Å². The molecule has 0 radical (unpaired) electrons. The molecule has 1 saturated carbocycles. The maximum absolute atomic E-state index is 11.3. The minimum absolute atomic E-state index is 0.180. The molecule has 0 saturated heterocycles. The molecule has 0 aromatic heterocycles. The standard InChI is InChI=1S/C12H23NO3/c1-12(2,3)16-11(15)13-8-7-9-5-4-6-10(9)14/h9-10,14H,4-8H2,1-3H3,(H,13,15). The Morgan fingerprint density at radius 2 is 2.12 bits per heavy atom. The van der Waals surface area contributed by atoms with Gasteiger partial charge in [-0.1, -0.05) is 6.42 Å². The van der Waals surface area contributed by atoms with Gasteiger partial charge in [-0.15, -0.1) is 0 Å². The molecule has 4 heteroatoms. The third kappa shape index (κ3) is 4.84. The van der Waals surface area contributed by atoms with E-state index in [0.29, 0.717) is 12.5 Å². The summed E-state index contributed by atoms with van der Waals surface area (Å²) >= 11 is 0. The van der Waals surface area contributed by atoms with Gasteiger partial charge in [0.05, 0.1) is 6.10 Å². The van der Waals surface area contributed by atoms with Crippen LogP contribution in [0.3, 0.4) is 0 Å². The Balaban J connectivity index is 2.13. The number of nitrogens with one attached hydrogen (secondary N) is 1. The lowest BCUT2D eigenvalue weighted by atomic mass is 10.0. The number of amides is 1. The van der Waals surface area contributed by atoms with E-state index in [4.69, 9.17) is 4.74 Å². The normalized spacial score (nSPS) is 25.5. The summed E-state index contributed by atoms with van der Waals surface area (Å²) in [4.78, 5) is 11.3. The van der Waals surface area contributed by atoms with E-state index in [-0.39, 0.29) is 12.2 Å². The van der Waals surface area contributed by atoms with Crippen LogP contribution in [0.15, 0.2) is 0 Å². The number of alkyl carbamates (subject to hydrolysis) is 1. The van der Waals surface area contributed by atoms with Gasteiger partial charge >= 0.3 is 6.09 Å². The number of aliphatic hydroxyl groups excluding tert-OH is 1. The van der Waals surface area contributed by atoms with Crippen LogP contribution in [-0.4, -0.2) is 29.4 Å². The van der Waals surface area contributed by atoms with Gasteiger partial charge in [-0.05, 0) is 46.0 Å². The van der Waals surface area contributed by atoms with Crippen LogP contribution in [0.2, 0.25) is 0 Å². The van der Waals surface area contributed by atoms with Gasteiger partial charge in [0.15, 0.2) is 0 Å². The second-order valence-corrected chi connectivity index (χ2v) is 5.48. The van der Waals surface area contributed by atoms with Gasteiger partial charge in [-0.25, -0.2) is 4.79 Å². The quantitative estimate of drug-likeness (QED) is 0.778. The van der Waals surface area contributed by atoms with Gasteiger partial charge in [0, 0.05) is 6.54 Å². The van der Waals surface area contributed by atoms with Crippen molar-refractivity contribution in [2.24, 2.45) is 5.92 Å². The van der Waals surface area contributed by atoms with Crippen molar-refractivity contribution in [3.8, 4) is 0 Å². The van der Waals surface area contributed by atoms with Crippen LogP contribution in [0.1, 0.15) is 46.5 Å². The summed E-state index contributed by atoms with van der Waals surface area (Å²) in [5, 5.41) is 12.3. The van der Waals surface area contributed by atoms with E-state index in [1.54, 1.807) is 0 Å². The molecular formula is C12H23NO3. The molecule has 0 aliphatic heterocycles. The molecule has 1 amide bonds. The number of ether oxygens (including phenoxy) is 1. The third-order valence-corrected chi connectivity index (χ3v) is 2.80. The minimum Gasteiger partial charge on any atom is -0.444 e. The van der Waals surface area contributed by atoms with Crippen molar-refractivity contribution in [2.75, 3.05) is 6.54 Å². The van der Waals surface area contributed by atoms with Crippen molar-refractivity contribution in [3.05, 3.63) is 0 Å². The zero-order valence-corrected chi connectivity index (χ0v) is 10.5. The number of carbonyl (C=O) groups is 1. The van der Waals surface area contributed by atoms with Crippen LogP contribution in [0, 0.1) is 5.92 Å². The van der Waals surface area contributed by atoms with E-state index in [1.165, 1.54) is 0 Å². The Kier molecular flexibility index (Phi) is 4.59. The van der Waals surface area contributed by atoms with Crippen LogP contribution in [0.5, 0.6) is 0 Å². The fourth-order valence-electron chi connectivity index (χ4n) is 2.03. The number of rotatable bonds is 3. The molecule has 2 unspecified atom stereocenters. The van der Waals surface area contributed by atoms with Crippen LogP contribution < -0.4 is 5.32 Å². The van der Waals surface area contributed by atoms with Gasteiger partial charge < -0.3 is 15.2 Å². The summed E-state index contributed by atoms with van der Waals surface area (Å²) in [5.74, 6) is 0.343. The Morgan fingerprint density at radius 1 is 1.44 bits per heavy atom. The largest absolute Gasteiger partial charge is 0.444 e. The average Bonchev–Trinajstić information content (AvgIpc) is 2.48. The zero-order valence-electron chi connectivity index (χ0n) is 10.5. The monoisotopic (exact) mass is 229 g/mol. The van der Waals surface area contributed by atoms with Crippen LogP contribution in [-0.2, 0) is 4.74 Å². The van der Waals surface area contributed by atoms with E-state index < -0.39 is 5.60 Å². The molecule has 1 aliphatic rings. The van der Waals surface area contributed by atoms with Crippen molar-refractivity contribution in [1.29, 1.82) is 0 Å². The summed E-state index contributed by atoms with van der Waals surface area (Å²) < 4.78 is 5.12. The molecule has 1 rings (SSSR count). The van der Waals surface area contributed by atoms with Crippen molar-refractivity contribution >= 4 is 6.09 Å². The average molecular weight is 229 g/mol. The smallest absolute Gasteiger partial charge is 0.407 e. The fourth-order valence-corrected chi connectivity index (χ4v) is 2.03. The second-order valence-electron chi connectivity index (χ2n) is 5.48. The summed E-state index contributed by atoms with van der Waals surface area (Å²) in [6.45, 7) is 6.10. The minimum atomic E-state index is -0.447. The lowest BCUT2D eigenvalue weighted by Gasteiger charge is -2.20. The Bertz CT molecular complexity index is 235. The Hall–Kier alpha value is -0.770. The molecule has 2 N–H and O–H groups in total. The molecule has 2 atom stereocenters. The summed E-state index contributed by atoms with van der Waals surface area (Å²) in [7, 11) is 0. The lowest BCUT2D eigenvalue weighted by Crippen LogP contribution is -2.34. The first kappa shape index (κ1) is 13.3. The predicted molar refractivity (Wildman–Crippen MR) is 62.2 cm³/mol. The SMILES string of the molecule is CC(C)(C)OC(=O)NCCC1CCCC1O. The Labute approximate surface area is 97.4 Å². The summed E-state index contributed by atoms with van der Waals surface area (Å²) in [6, 6.07) is 0. The molecule has 0 bridgehead atoms. The number of aliphatic hydroxyl groups is 1. The van der Waals surface area contributed by atoms with Crippen molar-refractivity contribution in [1.82, 2.24) is 5.32 Å². The summed E-state index contributed by atoms with van der Waals surface area (Å²) in [5.41, 5.74) is -0.447. The molecule has 94 valence electrons. The molecular weight excluding hydrogens is 206 g/mol. The highest BCUT2D eigenvalue weighted by atomic mass is 16.6. The first-order chi connectivity index (χ1) is 7.38. The highest BCUT2D eigenvalue weighted by Crippen LogP contribution is 2.27. The van der Waals surface area contributed by atoms with Gasteiger partial charge in [0.2, 0.25) is 0 Å². The maximum atomic E-state index is 11.3. The molecule has 0 aromatic rings. The topological polar surface area (TPSA) is 58.6 Å². The molecule has 0 heterocycles. The van der Waals surface area contributed by atoms with E-state index in [2.05, 4.69) is 5.32 Å². The fraction of sp³-hybridized carbons (Fsp3) is 0.917. The van der Waals surface area contributed by atoms with Gasteiger partial charge in [0.25, 0.3) is 0 Å². The highest BCUT2D eigenvalue weighted by molar-refractivity contribution is 5.67. The Morgan fingerprint density at radius 3 is 2.62 bits per heavy atom. The first-order valence-electron chi connectivity index (χ1n) is 6.03. The third-order valence-electron chi connectivity index (χ3n) is 2.80. The van der Waals surface area contributed by atoms with Crippen molar-refractivity contribution in [3.63, 3.8) is 0 Å². The molecule has 1 aliphatic carbocycles. The maximum Gasteiger partial charge on any atom is 0.407 e. The van der Waals surface area contributed by atoms with Crippen LogP contribution in [0.25, 0.3) is 0 Å². The molecule has 16 heavy (non-hydrogen) atoms.